The smallest absolute Gasteiger partial charge is 0.119 e. The van der Waals surface area contributed by atoms with Crippen LogP contribution in [0.3, 0.4) is 0 Å². The first-order valence-electron chi connectivity index (χ1n) is 6.03. The standard InChI is InChI=1S/C14H23NO/c1-5-14(11(2)3)15-10-12-7-6-8-13(9-12)16-4/h6-9,11,14-15H,5,10H2,1-4H3/t14-/m0/s1. The van der Waals surface area contributed by atoms with Crippen LogP contribution in [0, 0.1) is 5.92 Å². The Balaban J connectivity index is 2.53. The minimum atomic E-state index is 0.589. The molecule has 0 saturated carbocycles. The molecule has 2 nitrogen and oxygen atoms in total. The van der Waals surface area contributed by atoms with Gasteiger partial charge in [-0.1, -0.05) is 32.9 Å². The van der Waals surface area contributed by atoms with Crippen molar-refractivity contribution in [2.45, 2.75) is 39.8 Å². The highest BCUT2D eigenvalue weighted by molar-refractivity contribution is 5.28. The van der Waals surface area contributed by atoms with Crippen LogP contribution in [0.4, 0.5) is 0 Å². The van der Waals surface area contributed by atoms with E-state index in [0.29, 0.717) is 12.0 Å². The third-order valence-corrected chi connectivity index (χ3v) is 2.95. The van der Waals surface area contributed by atoms with Crippen molar-refractivity contribution in [3.8, 4) is 5.75 Å². The number of nitrogens with one attached hydrogen (secondary N) is 1. The zero-order chi connectivity index (χ0) is 12.0. The number of hydrogen-bond acceptors (Lipinski definition) is 2. The molecule has 0 spiro atoms. The molecule has 2 heteroatoms. The fraction of sp³-hybridized carbons (Fsp3) is 0.571. The molecule has 0 aromatic heterocycles. The molecular weight excluding hydrogens is 198 g/mol. The predicted octanol–water partition coefficient (Wildman–Crippen LogP) is 3.22. The van der Waals surface area contributed by atoms with Gasteiger partial charge in [0.15, 0.2) is 0 Å². The molecule has 0 bridgehead atoms. The summed E-state index contributed by atoms with van der Waals surface area (Å²) in [6, 6.07) is 8.81. The maximum atomic E-state index is 5.21. The van der Waals surface area contributed by atoms with Crippen LogP contribution in [-0.4, -0.2) is 13.2 Å². The third-order valence-electron chi connectivity index (χ3n) is 2.95. The molecule has 0 aliphatic rings. The highest BCUT2D eigenvalue weighted by atomic mass is 16.5. The average molecular weight is 221 g/mol. The Labute approximate surface area is 99.0 Å². The molecule has 0 aliphatic carbocycles. The van der Waals surface area contributed by atoms with Crippen LogP contribution in [0.25, 0.3) is 0 Å². The molecule has 1 aromatic rings. The number of rotatable bonds is 6. The highest BCUT2D eigenvalue weighted by Gasteiger charge is 2.09. The molecular formula is C14H23NO. The van der Waals surface area contributed by atoms with Crippen molar-refractivity contribution < 1.29 is 4.74 Å². The Hall–Kier alpha value is -1.02. The summed E-state index contributed by atoms with van der Waals surface area (Å²) in [4.78, 5) is 0. The molecule has 16 heavy (non-hydrogen) atoms. The van der Waals surface area contributed by atoms with Gasteiger partial charge in [-0.3, -0.25) is 0 Å². The minimum absolute atomic E-state index is 0.589. The second-order valence-corrected chi connectivity index (χ2v) is 4.49. The van der Waals surface area contributed by atoms with Crippen molar-refractivity contribution >= 4 is 0 Å². The van der Waals surface area contributed by atoms with E-state index >= 15 is 0 Å². The van der Waals surface area contributed by atoms with Crippen LogP contribution in [-0.2, 0) is 6.54 Å². The van der Waals surface area contributed by atoms with E-state index in [1.54, 1.807) is 7.11 Å². The van der Waals surface area contributed by atoms with Gasteiger partial charge in [0, 0.05) is 12.6 Å². The van der Waals surface area contributed by atoms with Crippen LogP contribution in [0.1, 0.15) is 32.8 Å². The number of benzene rings is 1. The number of hydrogen-bond donors (Lipinski definition) is 1. The summed E-state index contributed by atoms with van der Waals surface area (Å²) in [7, 11) is 1.70. The van der Waals surface area contributed by atoms with E-state index in [9.17, 15) is 0 Å². The van der Waals surface area contributed by atoms with Crippen LogP contribution in [0.2, 0.25) is 0 Å². The van der Waals surface area contributed by atoms with Crippen molar-refractivity contribution in [3.05, 3.63) is 29.8 Å². The van der Waals surface area contributed by atoms with Crippen LogP contribution in [0.15, 0.2) is 24.3 Å². The van der Waals surface area contributed by atoms with Gasteiger partial charge in [-0.2, -0.15) is 0 Å². The van der Waals surface area contributed by atoms with E-state index < -0.39 is 0 Å². The Morgan fingerprint density at radius 2 is 2.06 bits per heavy atom. The summed E-state index contributed by atoms with van der Waals surface area (Å²) in [5, 5.41) is 3.58. The largest absolute Gasteiger partial charge is 0.497 e. The maximum Gasteiger partial charge on any atom is 0.119 e. The lowest BCUT2D eigenvalue weighted by molar-refractivity contribution is 0.386. The van der Waals surface area contributed by atoms with Gasteiger partial charge in [0.25, 0.3) is 0 Å². The molecule has 90 valence electrons. The lowest BCUT2D eigenvalue weighted by Crippen LogP contribution is -2.32. The van der Waals surface area contributed by atoms with E-state index in [0.717, 1.165) is 12.3 Å². The average Bonchev–Trinajstić information content (AvgIpc) is 2.29. The van der Waals surface area contributed by atoms with E-state index in [2.05, 4.69) is 38.2 Å². The zero-order valence-electron chi connectivity index (χ0n) is 10.8. The van der Waals surface area contributed by atoms with Gasteiger partial charge < -0.3 is 10.1 Å². The molecule has 0 aliphatic heterocycles. The fourth-order valence-corrected chi connectivity index (χ4v) is 1.88. The van der Waals surface area contributed by atoms with Gasteiger partial charge in [-0.25, -0.2) is 0 Å². The van der Waals surface area contributed by atoms with Gasteiger partial charge in [-0.15, -0.1) is 0 Å². The first-order valence-corrected chi connectivity index (χ1v) is 6.03. The molecule has 0 saturated heterocycles. The Bertz CT molecular complexity index is 309. The summed E-state index contributed by atoms with van der Waals surface area (Å²) < 4.78 is 5.21. The van der Waals surface area contributed by atoms with Crippen molar-refractivity contribution in [2.24, 2.45) is 5.92 Å². The van der Waals surface area contributed by atoms with Crippen molar-refractivity contribution in [1.29, 1.82) is 0 Å². The summed E-state index contributed by atoms with van der Waals surface area (Å²) in [5.74, 6) is 1.60. The quantitative estimate of drug-likeness (QED) is 0.796. The first-order chi connectivity index (χ1) is 7.67. The van der Waals surface area contributed by atoms with Gasteiger partial charge in [0.1, 0.15) is 5.75 Å². The van der Waals surface area contributed by atoms with E-state index in [4.69, 9.17) is 4.74 Å². The van der Waals surface area contributed by atoms with E-state index in [-0.39, 0.29) is 0 Å². The third kappa shape index (κ3) is 3.86. The molecule has 0 unspecified atom stereocenters. The predicted molar refractivity (Wildman–Crippen MR) is 68.8 cm³/mol. The molecule has 0 radical (unpaired) electrons. The summed E-state index contributed by atoms with van der Waals surface area (Å²) in [5.41, 5.74) is 1.28. The van der Waals surface area contributed by atoms with E-state index in [1.165, 1.54) is 12.0 Å². The van der Waals surface area contributed by atoms with Crippen LogP contribution < -0.4 is 10.1 Å². The maximum absolute atomic E-state index is 5.21. The summed E-state index contributed by atoms with van der Waals surface area (Å²) in [6.45, 7) is 7.65. The lowest BCUT2D eigenvalue weighted by Gasteiger charge is -2.20. The summed E-state index contributed by atoms with van der Waals surface area (Å²) in [6.07, 6.45) is 1.17. The Morgan fingerprint density at radius 1 is 1.31 bits per heavy atom. The molecule has 1 N–H and O–H groups in total. The number of methoxy groups -OCH3 is 1. The summed E-state index contributed by atoms with van der Waals surface area (Å²) >= 11 is 0. The molecule has 1 atom stereocenters. The van der Waals surface area contributed by atoms with Crippen LogP contribution in [0.5, 0.6) is 5.75 Å². The minimum Gasteiger partial charge on any atom is -0.497 e. The zero-order valence-corrected chi connectivity index (χ0v) is 10.8. The monoisotopic (exact) mass is 221 g/mol. The van der Waals surface area contributed by atoms with E-state index in [1.807, 2.05) is 12.1 Å². The van der Waals surface area contributed by atoms with Crippen LogP contribution >= 0.6 is 0 Å². The molecule has 1 rings (SSSR count). The first kappa shape index (κ1) is 13.0. The Kier molecular flexibility index (Phi) is 5.33. The van der Waals surface area contributed by atoms with Crippen molar-refractivity contribution in [1.82, 2.24) is 5.32 Å². The SMILES string of the molecule is CC[C@H](NCc1cccc(OC)c1)C(C)C. The fourth-order valence-electron chi connectivity index (χ4n) is 1.88. The van der Waals surface area contributed by atoms with Gasteiger partial charge in [0.05, 0.1) is 7.11 Å². The van der Waals surface area contributed by atoms with Gasteiger partial charge >= 0.3 is 0 Å². The molecule has 0 amide bonds. The second-order valence-electron chi connectivity index (χ2n) is 4.49. The molecule has 0 fully saturated rings. The topological polar surface area (TPSA) is 21.3 Å². The Morgan fingerprint density at radius 3 is 2.62 bits per heavy atom. The van der Waals surface area contributed by atoms with Gasteiger partial charge in [-0.05, 0) is 30.0 Å². The highest BCUT2D eigenvalue weighted by Crippen LogP contribution is 2.13. The van der Waals surface area contributed by atoms with Crippen molar-refractivity contribution in [3.63, 3.8) is 0 Å². The molecule has 1 aromatic carbocycles. The molecule has 0 heterocycles. The van der Waals surface area contributed by atoms with Gasteiger partial charge in [0.2, 0.25) is 0 Å². The number of ether oxygens (including phenoxy) is 1. The lowest BCUT2D eigenvalue weighted by atomic mass is 10.0. The van der Waals surface area contributed by atoms with Crippen molar-refractivity contribution in [2.75, 3.05) is 7.11 Å². The normalized spacial score (nSPS) is 12.8. The second kappa shape index (κ2) is 6.54.